The lowest BCUT2D eigenvalue weighted by atomic mass is 9.98. The van der Waals surface area contributed by atoms with Crippen molar-refractivity contribution < 1.29 is 36.2 Å². The topological polar surface area (TPSA) is 44.7 Å². The fourth-order valence-electron chi connectivity index (χ4n) is 2.67. The van der Waals surface area contributed by atoms with Crippen LogP contribution in [-0.4, -0.2) is 61.2 Å². The molecule has 0 spiro atoms. The molecular weight excluding hydrogens is 390 g/mol. The molecule has 1 heterocycles. The number of piperazine rings is 1. The number of halogens is 7. The van der Waals surface area contributed by atoms with E-state index >= 15 is 0 Å². The molecule has 0 saturated carbocycles. The first-order valence-electron chi connectivity index (χ1n) is 7.56. The van der Waals surface area contributed by atoms with E-state index in [0.29, 0.717) is 26.2 Å². The number of aliphatic hydroxyl groups excluding tert-OH is 1. The molecule has 1 aromatic carbocycles. The highest BCUT2D eigenvalue weighted by molar-refractivity contribution is 5.85. The van der Waals surface area contributed by atoms with Crippen LogP contribution in [0, 0.1) is 0 Å². The van der Waals surface area contributed by atoms with Crippen LogP contribution in [0.5, 0.6) is 5.75 Å². The molecule has 1 fully saturated rings. The van der Waals surface area contributed by atoms with Gasteiger partial charge in [0.1, 0.15) is 18.4 Å². The summed E-state index contributed by atoms with van der Waals surface area (Å²) < 4.78 is 82.4. The Kier molecular flexibility index (Phi) is 8.00. The van der Waals surface area contributed by atoms with Gasteiger partial charge in [0.05, 0.1) is 0 Å². The van der Waals surface area contributed by atoms with Crippen LogP contribution in [0.15, 0.2) is 24.3 Å². The standard InChI is InChI=1S/C15H18F6N2O2.ClH/c16-13(17)15(20,21)25-11-3-1-10(2-4-11)12(14(18,19)9-24)23-7-5-22-6-8-23;/h1-4,12-13,22,24H,5-9H2;1H/t12-;/m1./s1. The number of benzene rings is 1. The summed E-state index contributed by atoms with van der Waals surface area (Å²) in [6.07, 6.45) is -8.69. The van der Waals surface area contributed by atoms with Crippen molar-refractivity contribution in [3.63, 3.8) is 0 Å². The third kappa shape index (κ3) is 5.38. The average molecular weight is 409 g/mol. The fraction of sp³-hybridized carbons (Fsp3) is 0.600. The molecule has 0 aromatic heterocycles. The number of nitrogens with one attached hydrogen (secondary N) is 1. The van der Waals surface area contributed by atoms with E-state index in [1.807, 2.05) is 0 Å². The highest BCUT2D eigenvalue weighted by Gasteiger charge is 2.45. The fourth-order valence-corrected chi connectivity index (χ4v) is 2.67. The highest BCUT2D eigenvalue weighted by Crippen LogP contribution is 2.37. The van der Waals surface area contributed by atoms with Gasteiger partial charge in [-0.1, -0.05) is 12.1 Å². The van der Waals surface area contributed by atoms with Crippen molar-refractivity contribution in [2.45, 2.75) is 24.5 Å². The van der Waals surface area contributed by atoms with E-state index in [0.717, 1.165) is 24.3 Å². The largest absolute Gasteiger partial charge is 0.461 e. The van der Waals surface area contributed by atoms with Crippen LogP contribution in [-0.2, 0) is 0 Å². The van der Waals surface area contributed by atoms with Crippen molar-refractivity contribution in [3.05, 3.63) is 29.8 Å². The number of ether oxygens (including phenoxy) is 1. The monoisotopic (exact) mass is 408 g/mol. The van der Waals surface area contributed by atoms with Gasteiger partial charge >= 0.3 is 12.5 Å². The Balaban J connectivity index is 0.00000338. The minimum atomic E-state index is -4.67. The van der Waals surface area contributed by atoms with Crippen LogP contribution in [0.2, 0.25) is 0 Å². The second-order valence-corrected chi connectivity index (χ2v) is 5.64. The zero-order valence-electron chi connectivity index (χ0n) is 13.5. The second kappa shape index (κ2) is 9.12. The maximum atomic E-state index is 14.2. The number of rotatable bonds is 7. The van der Waals surface area contributed by atoms with Crippen LogP contribution in [0.1, 0.15) is 11.6 Å². The maximum Gasteiger partial charge on any atom is 0.461 e. The second-order valence-electron chi connectivity index (χ2n) is 5.64. The van der Waals surface area contributed by atoms with Crippen molar-refractivity contribution in [1.29, 1.82) is 0 Å². The van der Waals surface area contributed by atoms with Gasteiger partial charge in [0.25, 0.3) is 5.92 Å². The van der Waals surface area contributed by atoms with Gasteiger partial charge in [0.2, 0.25) is 0 Å². The molecule has 1 saturated heterocycles. The van der Waals surface area contributed by atoms with Gasteiger partial charge in [-0.15, -0.1) is 12.4 Å². The minimum Gasteiger partial charge on any atom is -0.428 e. The van der Waals surface area contributed by atoms with Crippen molar-refractivity contribution >= 4 is 12.4 Å². The van der Waals surface area contributed by atoms with Gasteiger partial charge in [0, 0.05) is 26.2 Å². The molecule has 0 unspecified atom stereocenters. The van der Waals surface area contributed by atoms with E-state index in [1.165, 1.54) is 4.90 Å². The maximum absolute atomic E-state index is 14.2. The van der Waals surface area contributed by atoms with Gasteiger partial charge in [-0.25, -0.2) is 8.78 Å². The van der Waals surface area contributed by atoms with E-state index in [2.05, 4.69) is 10.1 Å². The molecule has 1 aliphatic heterocycles. The summed E-state index contributed by atoms with van der Waals surface area (Å²) in [4.78, 5) is 1.47. The Morgan fingerprint density at radius 1 is 1.08 bits per heavy atom. The Hall–Kier alpha value is -1.23. The van der Waals surface area contributed by atoms with Crippen molar-refractivity contribution in [3.8, 4) is 5.75 Å². The first kappa shape index (κ1) is 22.8. The third-order valence-corrected chi connectivity index (χ3v) is 3.83. The zero-order valence-corrected chi connectivity index (χ0v) is 14.3. The summed E-state index contributed by atoms with van der Waals surface area (Å²) in [5, 5.41) is 12.0. The molecule has 4 nitrogen and oxygen atoms in total. The Bertz CT molecular complexity index is 556. The summed E-state index contributed by atoms with van der Waals surface area (Å²) in [5.74, 6) is -4.03. The van der Waals surface area contributed by atoms with Gasteiger partial charge < -0.3 is 15.2 Å². The molecule has 0 aliphatic carbocycles. The lowest BCUT2D eigenvalue weighted by Crippen LogP contribution is -2.51. The van der Waals surface area contributed by atoms with E-state index < -0.39 is 36.9 Å². The molecule has 0 bridgehead atoms. The lowest BCUT2D eigenvalue weighted by Gasteiger charge is -2.38. The molecular formula is C15H19ClF6N2O2. The molecule has 150 valence electrons. The number of alkyl halides is 6. The predicted octanol–water partition coefficient (Wildman–Crippen LogP) is 2.92. The number of nitrogens with zero attached hydrogens (tertiary/aromatic N) is 1. The molecule has 2 rings (SSSR count). The van der Waals surface area contributed by atoms with Crippen molar-refractivity contribution in [1.82, 2.24) is 10.2 Å². The van der Waals surface area contributed by atoms with Crippen LogP contribution < -0.4 is 10.1 Å². The van der Waals surface area contributed by atoms with Crippen molar-refractivity contribution in [2.75, 3.05) is 32.8 Å². The summed E-state index contributed by atoms with van der Waals surface area (Å²) in [7, 11) is 0. The highest BCUT2D eigenvalue weighted by atomic mass is 35.5. The quantitative estimate of drug-likeness (QED) is 0.681. The van der Waals surface area contributed by atoms with Gasteiger partial charge in [0.15, 0.2) is 0 Å². The third-order valence-electron chi connectivity index (χ3n) is 3.83. The first-order chi connectivity index (χ1) is 11.7. The number of aliphatic hydroxyl groups is 1. The van der Waals surface area contributed by atoms with Crippen LogP contribution in [0.4, 0.5) is 26.3 Å². The Morgan fingerprint density at radius 3 is 2.08 bits per heavy atom. The SMILES string of the molecule is Cl.OCC(F)(F)[C@@H](c1ccc(OC(F)(F)C(F)F)cc1)N1CCNCC1. The van der Waals surface area contributed by atoms with Crippen LogP contribution in [0.25, 0.3) is 0 Å². The molecule has 26 heavy (non-hydrogen) atoms. The van der Waals surface area contributed by atoms with E-state index in [1.54, 1.807) is 0 Å². The number of hydrogen-bond acceptors (Lipinski definition) is 4. The normalized spacial score (nSPS) is 17.7. The summed E-state index contributed by atoms with van der Waals surface area (Å²) >= 11 is 0. The lowest BCUT2D eigenvalue weighted by molar-refractivity contribution is -0.253. The van der Waals surface area contributed by atoms with E-state index in [9.17, 15) is 26.3 Å². The molecule has 0 amide bonds. The van der Waals surface area contributed by atoms with E-state index in [4.69, 9.17) is 5.11 Å². The van der Waals surface area contributed by atoms with Gasteiger partial charge in [-0.3, -0.25) is 4.90 Å². The molecule has 2 N–H and O–H groups in total. The molecule has 1 aromatic rings. The number of hydrogen-bond donors (Lipinski definition) is 2. The zero-order chi connectivity index (χ0) is 18.7. The smallest absolute Gasteiger partial charge is 0.428 e. The molecule has 1 aliphatic rings. The van der Waals surface area contributed by atoms with Gasteiger partial charge in [-0.2, -0.15) is 17.6 Å². The van der Waals surface area contributed by atoms with Crippen LogP contribution in [0.3, 0.4) is 0 Å². The first-order valence-corrected chi connectivity index (χ1v) is 7.56. The summed E-state index contributed by atoms with van der Waals surface area (Å²) in [6.45, 7) is 0.201. The van der Waals surface area contributed by atoms with Crippen molar-refractivity contribution in [2.24, 2.45) is 0 Å². The Morgan fingerprint density at radius 2 is 1.62 bits per heavy atom. The minimum absolute atomic E-state index is 0. The Labute approximate surface area is 152 Å². The average Bonchev–Trinajstić information content (AvgIpc) is 2.57. The predicted molar refractivity (Wildman–Crippen MR) is 84.5 cm³/mol. The van der Waals surface area contributed by atoms with E-state index in [-0.39, 0.29) is 18.0 Å². The molecule has 0 radical (unpaired) electrons. The molecule has 1 atom stereocenters. The molecule has 11 heteroatoms. The summed E-state index contributed by atoms with van der Waals surface area (Å²) in [5.41, 5.74) is 0.0636. The van der Waals surface area contributed by atoms with Gasteiger partial charge in [-0.05, 0) is 17.7 Å². The van der Waals surface area contributed by atoms with Crippen LogP contribution >= 0.6 is 12.4 Å². The summed E-state index contributed by atoms with van der Waals surface area (Å²) in [6, 6.07) is 2.59.